The Bertz CT molecular complexity index is 267. The van der Waals surface area contributed by atoms with Crippen LogP contribution in [0.15, 0.2) is 16.9 Å². The Balaban J connectivity index is 3.13. The van der Waals surface area contributed by atoms with Crippen molar-refractivity contribution in [3.63, 3.8) is 0 Å². The predicted molar refractivity (Wildman–Crippen MR) is 38.6 cm³/mol. The SMILES string of the molecule is Oc1cnc(Br)cc1C(F)F. The highest BCUT2D eigenvalue weighted by molar-refractivity contribution is 9.10. The van der Waals surface area contributed by atoms with E-state index in [9.17, 15) is 8.78 Å². The van der Waals surface area contributed by atoms with Gasteiger partial charge in [0.1, 0.15) is 10.4 Å². The Morgan fingerprint density at radius 2 is 2.18 bits per heavy atom. The second kappa shape index (κ2) is 3.13. The lowest BCUT2D eigenvalue weighted by Gasteiger charge is -2.01. The van der Waals surface area contributed by atoms with E-state index < -0.39 is 17.7 Å². The van der Waals surface area contributed by atoms with E-state index in [0.29, 0.717) is 0 Å². The summed E-state index contributed by atoms with van der Waals surface area (Å²) >= 11 is 2.91. The molecule has 0 aliphatic rings. The van der Waals surface area contributed by atoms with E-state index in [1.807, 2.05) is 0 Å². The van der Waals surface area contributed by atoms with Crippen LogP contribution >= 0.6 is 15.9 Å². The molecule has 0 atom stereocenters. The standard InChI is InChI=1S/C6H4BrF2NO/c7-5-1-3(6(8)9)4(11)2-10-5/h1-2,6,11H. The van der Waals surface area contributed by atoms with Crippen molar-refractivity contribution < 1.29 is 13.9 Å². The minimum Gasteiger partial charge on any atom is -0.506 e. The molecule has 11 heavy (non-hydrogen) atoms. The van der Waals surface area contributed by atoms with Crippen LogP contribution in [-0.4, -0.2) is 10.1 Å². The smallest absolute Gasteiger partial charge is 0.267 e. The van der Waals surface area contributed by atoms with Crippen molar-refractivity contribution in [1.82, 2.24) is 4.98 Å². The van der Waals surface area contributed by atoms with E-state index in [-0.39, 0.29) is 4.60 Å². The Labute approximate surface area is 70.0 Å². The average Bonchev–Trinajstić information content (AvgIpc) is 1.94. The summed E-state index contributed by atoms with van der Waals surface area (Å²) in [5.41, 5.74) is -0.410. The number of nitrogens with zero attached hydrogens (tertiary/aromatic N) is 1. The van der Waals surface area contributed by atoms with Crippen molar-refractivity contribution in [3.8, 4) is 5.75 Å². The lowest BCUT2D eigenvalue weighted by molar-refractivity contribution is 0.147. The first-order valence-corrected chi connectivity index (χ1v) is 3.53. The van der Waals surface area contributed by atoms with Gasteiger partial charge in [-0.15, -0.1) is 0 Å². The molecule has 0 bridgehead atoms. The second-order valence-corrected chi connectivity index (χ2v) is 2.68. The zero-order valence-corrected chi connectivity index (χ0v) is 6.85. The summed E-state index contributed by atoms with van der Waals surface area (Å²) in [7, 11) is 0. The molecule has 0 aromatic carbocycles. The quantitative estimate of drug-likeness (QED) is 0.743. The lowest BCUT2D eigenvalue weighted by Crippen LogP contribution is -1.86. The Morgan fingerprint density at radius 3 is 2.64 bits per heavy atom. The van der Waals surface area contributed by atoms with Gasteiger partial charge in [0.15, 0.2) is 0 Å². The molecule has 0 unspecified atom stereocenters. The molecule has 1 aromatic rings. The number of pyridine rings is 1. The Kier molecular flexibility index (Phi) is 2.38. The molecule has 0 radical (unpaired) electrons. The Hall–Kier alpha value is -0.710. The highest BCUT2D eigenvalue weighted by atomic mass is 79.9. The fraction of sp³-hybridized carbons (Fsp3) is 0.167. The molecule has 2 nitrogen and oxygen atoms in total. The first-order chi connectivity index (χ1) is 5.11. The fourth-order valence-electron chi connectivity index (χ4n) is 0.612. The van der Waals surface area contributed by atoms with E-state index in [4.69, 9.17) is 5.11 Å². The maximum absolute atomic E-state index is 12.0. The molecule has 0 aliphatic heterocycles. The summed E-state index contributed by atoms with van der Waals surface area (Å²) in [6.07, 6.45) is -1.69. The molecule has 60 valence electrons. The molecule has 1 N–H and O–H groups in total. The molecular weight excluding hydrogens is 220 g/mol. The summed E-state index contributed by atoms with van der Waals surface area (Å²) in [6.45, 7) is 0. The van der Waals surface area contributed by atoms with Crippen molar-refractivity contribution >= 4 is 15.9 Å². The van der Waals surface area contributed by atoms with Crippen LogP contribution in [0.2, 0.25) is 0 Å². The van der Waals surface area contributed by atoms with Crippen LogP contribution in [0.5, 0.6) is 5.75 Å². The van der Waals surface area contributed by atoms with E-state index in [0.717, 1.165) is 12.3 Å². The van der Waals surface area contributed by atoms with Gasteiger partial charge in [-0.05, 0) is 22.0 Å². The van der Waals surface area contributed by atoms with Gasteiger partial charge in [-0.2, -0.15) is 0 Å². The minimum absolute atomic E-state index is 0.283. The maximum atomic E-state index is 12.0. The zero-order chi connectivity index (χ0) is 8.43. The van der Waals surface area contributed by atoms with Crippen LogP contribution in [0.25, 0.3) is 0 Å². The Morgan fingerprint density at radius 1 is 1.55 bits per heavy atom. The van der Waals surface area contributed by atoms with Gasteiger partial charge in [-0.25, -0.2) is 13.8 Å². The molecule has 0 spiro atoms. The van der Waals surface area contributed by atoms with Crippen LogP contribution in [0, 0.1) is 0 Å². The van der Waals surface area contributed by atoms with Crippen molar-refractivity contribution in [1.29, 1.82) is 0 Å². The normalized spacial score (nSPS) is 10.5. The van der Waals surface area contributed by atoms with Gasteiger partial charge < -0.3 is 5.11 Å². The van der Waals surface area contributed by atoms with Crippen LogP contribution in [0.3, 0.4) is 0 Å². The van der Waals surface area contributed by atoms with Crippen LogP contribution in [0.1, 0.15) is 12.0 Å². The van der Waals surface area contributed by atoms with Crippen LogP contribution in [0.4, 0.5) is 8.78 Å². The van der Waals surface area contributed by atoms with Gasteiger partial charge in [-0.1, -0.05) is 0 Å². The monoisotopic (exact) mass is 223 g/mol. The third kappa shape index (κ3) is 1.86. The molecule has 0 aliphatic carbocycles. The summed E-state index contributed by atoms with van der Waals surface area (Å²) in [5, 5.41) is 8.84. The van der Waals surface area contributed by atoms with Crippen LogP contribution in [-0.2, 0) is 0 Å². The largest absolute Gasteiger partial charge is 0.506 e. The summed E-state index contributed by atoms with van der Waals surface area (Å²) < 4.78 is 24.3. The number of hydrogen-bond donors (Lipinski definition) is 1. The molecule has 0 fully saturated rings. The number of aromatic hydroxyl groups is 1. The molecule has 5 heteroatoms. The first kappa shape index (κ1) is 8.39. The van der Waals surface area contributed by atoms with E-state index >= 15 is 0 Å². The number of rotatable bonds is 1. The number of halogens is 3. The molecule has 0 saturated carbocycles. The number of aromatic nitrogens is 1. The third-order valence-corrected chi connectivity index (χ3v) is 1.55. The van der Waals surface area contributed by atoms with Crippen molar-refractivity contribution in [2.75, 3.05) is 0 Å². The molecule has 1 heterocycles. The van der Waals surface area contributed by atoms with Gasteiger partial charge in [0, 0.05) is 0 Å². The minimum atomic E-state index is -2.67. The second-order valence-electron chi connectivity index (χ2n) is 1.87. The van der Waals surface area contributed by atoms with Gasteiger partial charge in [0.2, 0.25) is 0 Å². The van der Waals surface area contributed by atoms with Gasteiger partial charge >= 0.3 is 0 Å². The van der Waals surface area contributed by atoms with E-state index in [1.54, 1.807) is 0 Å². The van der Waals surface area contributed by atoms with Gasteiger partial charge in [0.05, 0.1) is 11.8 Å². The highest BCUT2D eigenvalue weighted by Crippen LogP contribution is 2.28. The molecular formula is C6H4BrF2NO. The summed E-state index contributed by atoms with van der Waals surface area (Å²) in [5.74, 6) is -0.483. The van der Waals surface area contributed by atoms with Crippen molar-refractivity contribution in [3.05, 3.63) is 22.4 Å². The van der Waals surface area contributed by atoms with Crippen LogP contribution < -0.4 is 0 Å². The van der Waals surface area contributed by atoms with Crippen molar-refractivity contribution in [2.24, 2.45) is 0 Å². The zero-order valence-electron chi connectivity index (χ0n) is 5.26. The lowest BCUT2D eigenvalue weighted by atomic mass is 10.2. The topological polar surface area (TPSA) is 33.1 Å². The first-order valence-electron chi connectivity index (χ1n) is 2.74. The molecule has 0 saturated heterocycles. The van der Waals surface area contributed by atoms with Crippen molar-refractivity contribution in [2.45, 2.75) is 6.43 Å². The van der Waals surface area contributed by atoms with E-state index in [1.165, 1.54) is 0 Å². The summed E-state index contributed by atoms with van der Waals surface area (Å²) in [6, 6.07) is 1.08. The predicted octanol–water partition coefficient (Wildman–Crippen LogP) is 2.49. The average molecular weight is 224 g/mol. The maximum Gasteiger partial charge on any atom is 0.267 e. The number of alkyl halides is 2. The van der Waals surface area contributed by atoms with Gasteiger partial charge in [-0.3, -0.25) is 0 Å². The third-order valence-electron chi connectivity index (χ3n) is 1.12. The number of hydrogen-bond acceptors (Lipinski definition) is 2. The molecule has 0 amide bonds. The summed E-state index contributed by atoms with van der Waals surface area (Å²) in [4.78, 5) is 3.56. The van der Waals surface area contributed by atoms with Gasteiger partial charge in [0.25, 0.3) is 6.43 Å². The fourth-order valence-corrected chi connectivity index (χ4v) is 0.961. The highest BCUT2D eigenvalue weighted by Gasteiger charge is 2.12. The van der Waals surface area contributed by atoms with E-state index in [2.05, 4.69) is 20.9 Å². The molecule has 1 rings (SSSR count). The molecule has 1 aromatic heterocycles.